The number of pyridine rings is 2. The average molecular weight is 244 g/mol. The van der Waals surface area contributed by atoms with E-state index in [4.69, 9.17) is 10.8 Å². The number of hydrogen-bond donors (Lipinski definition) is 3. The topological polar surface area (TPSA) is 101 Å². The van der Waals surface area contributed by atoms with E-state index < -0.39 is 5.97 Å². The molecule has 0 aromatic carbocycles. The largest absolute Gasteiger partial charge is 0.478 e. The van der Waals surface area contributed by atoms with Crippen LogP contribution in [0, 0.1) is 0 Å². The second-order valence-corrected chi connectivity index (χ2v) is 3.68. The first kappa shape index (κ1) is 11.8. The maximum atomic E-state index is 10.7. The zero-order chi connectivity index (χ0) is 13.0. The summed E-state index contributed by atoms with van der Waals surface area (Å²) in [5.74, 6) is -0.586. The van der Waals surface area contributed by atoms with E-state index in [0.717, 1.165) is 5.56 Å². The van der Waals surface area contributed by atoms with Gasteiger partial charge in [0.2, 0.25) is 0 Å². The zero-order valence-electron chi connectivity index (χ0n) is 9.50. The number of carbonyl (C=O) groups is 1. The van der Waals surface area contributed by atoms with Crippen molar-refractivity contribution in [3.05, 3.63) is 47.9 Å². The molecule has 4 N–H and O–H groups in total. The average Bonchev–Trinajstić information content (AvgIpc) is 2.38. The molecule has 18 heavy (non-hydrogen) atoms. The van der Waals surface area contributed by atoms with Crippen molar-refractivity contribution in [3.8, 4) is 0 Å². The molecular formula is C12H12N4O2. The maximum absolute atomic E-state index is 10.7. The molecule has 6 heteroatoms. The van der Waals surface area contributed by atoms with E-state index in [1.807, 2.05) is 12.1 Å². The van der Waals surface area contributed by atoms with Crippen LogP contribution in [0.2, 0.25) is 0 Å². The minimum absolute atomic E-state index is 0.0689. The number of rotatable bonds is 4. The molecular weight excluding hydrogens is 232 g/mol. The predicted molar refractivity (Wildman–Crippen MR) is 67.2 cm³/mol. The Morgan fingerprint density at radius 2 is 2.28 bits per heavy atom. The Hall–Kier alpha value is -2.63. The molecule has 0 spiro atoms. The lowest BCUT2D eigenvalue weighted by Crippen LogP contribution is -2.07. The Morgan fingerprint density at radius 3 is 2.89 bits per heavy atom. The van der Waals surface area contributed by atoms with Crippen LogP contribution in [0.15, 0.2) is 36.8 Å². The number of nitrogens with two attached hydrogens (primary N) is 1. The van der Waals surface area contributed by atoms with Gasteiger partial charge in [-0.2, -0.15) is 0 Å². The third-order valence-corrected chi connectivity index (χ3v) is 2.35. The van der Waals surface area contributed by atoms with Crippen molar-refractivity contribution >= 4 is 17.5 Å². The second kappa shape index (κ2) is 5.13. The first-order chi connectivity index (χ1) is 8.66. The Labute approximate surface area is 104 Å². The summed E-state index contributed by atoms with van der Waals surface area (Å²) >= 11 is 0. The van der Waals surface area contributed by atoms with Crippen molar-refractivity contribution in [2.75, 3.05) is 11.1 Å². The number of aromatic carboxylic acids is 1. The lowest BCUT2D eigenvalue weighted by atomic mass is 10.2. The molecule has 0 fully saturated rings. The fraction of sp³-hybridized carbons (Fsp3) is 0.0833. The molecule has 0 unspecified atom stereocenters. The summed E-state index contributed by atoms with van der Waals surface area (Å²) in [5.41, 5.74) is 7.08. The fourth-order valence-electron chi connectivity index (χ4n) is 1.43. The van der Waals surface area contributed by atoms with Gasteiger partial charge in [-0.3, -0.25) is 4.98 Å². The number of carboxylic acid groups (broad SMARTS) is 1. The van der Waals surface area contributed by atoms with Crippen molar-refractivity contribution in [2.45, 2.75) is 6.54 Å². The van der Waals surface area contributed by atoms with E-state index in [0.29, 0.717) is 18.1 Å². The van der Waals surface area contributed by atoms with Crippen LogP contribution in [-0.4, -0.2) is 21.0 Å². The highest BCUT2D eigenvalue weighted by atomic mass is 16.4. The number of carboxylic acids is 1. The highest BCUT2D eigenvalue weighted by Gasteiger charge is 2.07. The molecule has 6 nitrogen and oxygen atoms in total. The van der Waals surface area contributed by atoms with Gasteiger partial charge in [0.25, 0.3) is 0 Å². The number of hydrogen-bond acceptors (Lipinski definition) is 5. The summed E-state index contributed by atoms with van der Waals surface area (Å²) in [6.45, 7) is 0.525. The van der Waals surface area contributed by atoms with Crippen molar-refractivity contribution in [1.29, 1.82) is 0 Å². The Kier molecular flexibility index (Phi) is 3.38. The monoisotopic (exact) mass is 244 g/mol. The zero-order valence-corrected chi connectivity index (χ0v) is 9.50. The minimum Gasteiger partial charge on any atom is -0.478 e. The number of nitrogen functional groups attached to an aromatic ring is 1. The van der Waals surface area contributed by atoms with Crippen molar-refractivity contribution < 1.29 is 9.90 Å². The van der Waals surface area contributed by atoms with Crippen LogP contribution in [-0.2, 0) is 6.54 Å². The number of anilines is 2. The number of aromatic nitrogens is 2. The number of nitrogens with one attached hydrogen (secondary N) is 1. The van der Waals surface area contributed by atoms with Crippen LogP contribution in [0.1, 0.15) is 15.9 Å². The first-order valence-corrected chi connectivity index (χ1v) is 5.28. The summed E-state index contributed by atoms with van der Waals surface area (Å²) < 4.78 is 0. The van der Waals surface area contributed by atoms with E-state index in [1.54, 1.807) is 12.4 Å². The molecule has 92 valence electrons. The van der Waals surface area contributed by atoms with Gasteiger partial charge in [-0.25, -0.2) is 9.78 Å². The van der Waals surface area contributed by atoms with Gasteiger partial charge in [-0.1, -0.05) is 6.07 Å². The van der Waals surface area contributed by atoms with E-state index in [-0.39, 0.29) is 5.56 Å². The van der Waals surface area contributed by atoms with Gasteiger partial charge in [-0.15, -0.1) is 0 Å². The van der Waals surface area contributed by atoms with Crippen LogP contribution in [0.5, 0.6) is 0 Å². The molecule has 0 aliphatic carbocycles. The lowest BCUT2D eigenvalue weighted by molar-refractivity contribution is 0.0696. The van der Waals surface area contributed by atoms with Crippen molar-refractivity contribution in [2.24, 2.45) is 0 Å². The molecule has 2 aromatic rings. The van der Waals surface area contributed by atoms with Crippen LogP contribution in [0.25, 0.3) is 0 Å². The molecule has 0 amide bonds. The third-order valence-electron chi connectivity index (χ3n) is 2.35. The first-order valence-electron chi connectivity index (χ1n) is 5.28. The summed E-state index contributed by atoms with van der Waals surface area (Å²) in [7, 11) is 0. The standard InChI is InChI=1S/C12H12N4O2/c13-10-4-9(12(17)18)7-16-11(10)15-6-8-2-1-3-14-5-8/h1-5,7H,6,13H2,(H,15,16)(H,17,18). The minimum atomic E-state index is -1.05. The summed E-state index contributed by atoms with van der Waals surface area (Å²) in [6, 6.07) is 5.13. The van der Waals surface area contributed by atoms with Gasteiger partial charge >= 0.3 is 5.97 Å². The molecule has 2 heterocycles. The third kappa shape index (κ3) is 2.73. The Balaban J connectivity index is 2.08. The van der Waals surface area contributed by atoms with Gasteiger partial charge < -0.3 is 16.2 Å². The molecule has 0 atom stereocenters. The highest BCUT2D eigenvalue weighted by Crippen LogP contribution is 2.17. The molecule has 0 radical (unpaired) electrons. The summed E-state index contributed by atoms with van der Waals surface area (Å²) in [5, 5.41) is 11.8. The smallest absolute Gasteiger partial charge is 0.337 e. The van der Waals surface area contributed by atoms with E-state index in [2.05, 4.69) is 15.3 Å². The quantitative estimate of drug-likeness (QED) is 0.750. The van der Waals surface area contributed by atoms with Gasteiger partial charge in [0.1, 0.15) is 5.82 Å². The molecule has 0 bridgehead atoms. The maximum Gasteiger partial charge on any atom is 0.337 e. The second-order valence-electron chi connectivity index (χ2n) is 3.68. The van der Waals surface area contributed by atoms with Crippen LogP contribution in [0.3, 0.4) is 0 Å². The summed E-state index contributed by atoms with van der Waals surface area (Å²) in [6.07, 6.45) is 4.69. The molecule has 0 saturated heterocycles. The molecule has 0 aliphatic heterocycles. The van der Waals surface area contributed by atoms with E-state index in [1.165, 1.54) is 12.3 Å². The molecule has 0 saturated carbocycles. The predicted octanol–water partition coefficient (Wildman–Crippen LogP) is 1.37. The van der Waals surface area contributed by atoms with Gasteiger partial charge in [0.15, 0.2) is 0 Å². The van der Waals surface area contributed by atoms with Gasteiger partial charge in [0.05, 0.1) is 11.3 Å². The Bertz CT molecular complexity index is 557. The summed E-state index contributed by atoms with van der Waals surface area (Å²) in [4.78, 5) is 18.7. The van der Waals surface area contributed by atoms with Crippen molar-refractivity contribution in [3.63, 3.8) is 0 Å². The van der Waals surface area contributed by atoms with E-state index >= 15 is 0 Å². The van der Waals surface area contributed by atoms with Crippen molar-refractivity contribution in [1.82, 2.24) is 9.97 Å². The SMILES string of the molecule is Nc1cc(C(=O)O)cnc1NCc1cccnc1. The van der Waals surface area contributed by atoms with Gasteiger partial charge in [-0.05, 0) is 17.7 Å². The molecule has 0 aliphatic rings. The highest BCUT2D eigenvalue weighted by molar-refractivity contribution is 5.89. The van der Waals surface area contributed by atoms with Crippen LogP contribution in [0.4, 0.5) is 11.5 Å². The fourth-order valence-corrected chi connectivity index (χ4v) is 1.43. The Morgan fingerprint density at radius 1 is 1.44 bits per heavy atom. The molecule has 2 rings (SSSR count). The number of nitrogens with zero attached hydrogens (tertiary/aromatic N) is 2. The van der Waals surface area contributed by atoms with E-state index in [9.17, 15) is 4.79 Å². The normalized spacial score (nSPS) is 10.0. The van der Waals surface area contributed by atoms with Crippen LogP contribution >= 0.6 is 0 Å². The van der Waals surface area contributed by atoms with Crippen LogP contribution < -0.4 is 11.1 Å². The lowest BCUT2D eigenvalue weighted by Gasteiger charge is -2.08. The molecule has 2 aromatic heterocycles. The van der Waals surface area contributed by atoms with Gasteiger partial charge in [0, 0.05) is 25.1 Å².